The minimum absolute atomic E-state index is 0.117. The highest BCUT2D eigenvalue weighted by atomic mass is 16.2. The number of likely N-dealkylation sites (tertiary alicyclic amines) is 2. The Hall–Kier alpha value is -1.93. The van der Waals surface area contributed by atoms with Gasteiger partial charge >= 0.3 is 0 Å². The summed E-state index contributed by atoms with van der Waals surface area (Å²) >= 11 is 0. The van der Waals surface area contributed by atoms with Crippen molar-refractivity contribution in [2.75, 3.05) is 19.6 Å². The zero-order valence-electron chi connectivity index (χ0n) is 16.0. The van der Waals surface area contributed by atoms with Crippen LogP contribution in [0.3, 0.4) is 0 Å². The molecule has 8 heteroatoms. The third-order valence-electron chi connectivity index (χ3n) is 6.40. The summed E-state index contributed by atoms with van der Waals surface area (Å²) in [5.41, 5.74) is 7.44. The average Bonchev–Trinajstić information content (AvgIpc) is 3.38. The number of aromatic amines is 1. The van der Waals surface area contributed by atoms with Crippen LogP contribution in [-0.4, -0.2) is 69.3 Å². The van der Waals surface area contributed by atoms with E-state index in [1.807, 2.05) is 11.1 Å². The summed E-state index contributed by atoms with van der Waals surface area (Å²) in [6.45, 7) is 4.37. The molecular formula is C19H30N6O2. The molecule has 3 N–H and O–H groups in total. The van der Waals surface area contributed by atoms with Crippen molar-refractivity contribution in [2.45, 2.75) is 63.6 Å². The molecule has 3 fully saturated rings. The highest BCUT2D eigenvalue weighted by molar-refractivity contribution is 5.82. The van der Waals surface area contributed by atoms with Crippen molar-refractivity contribution in [3.63, 3.8) is 0 Å². The third-order valence-corrected chi connectivity index (χ3v) is 6.40. The molecule has 0 aromatic carbocycles. The van der Waals surface area contributed by atoms with E-state index in [1.165, 1.54) is 0 Å². The maximum atomic E-state index is 12.9. The molecule has 27 heavy (non-hydrogen) atoms. The number of hydrogen-bond donors (Lipinski definition) is 3. The van der Waals surface area contributed by atoms with Crippen LogP contribution in [0.2, 0.25) is 0 Å². The number of H-pyrrole nitrogens is 1. The molecule has 3 aliphatic rings. The second kappa shape index (κ2) is 7.98. The van der Waals surface area contributed by atoms with Crippen molar-refractivity contribution >= 4 is 11.8 Å². The number of rotatable bonds is 5. The SMILES string of the molecule is CCC1CC(C(=O)N2CC[C@@H]3[C@@H](CCC(=O)N3CCc3cnc[nH]3)C2)NN1. The molecule has 2 unspecified atom stereocenters. The number of carbonyl (C=O) groups is 2. The molecule has 0 saturated carbocycles. The van der Waals surface area contributed by atoms with Crippen LogP contribution in [0.25, 0.3) is 0 Å². The van der Waals surface area contributed by atoms with Gasteiger partial charge in [-0.05, 0) is 31.6 Å². The molecule has 0 radical (unpaired) electrons. The summed E-state index contributed by atoms with van der Waals surface area (Å²) in [6, 6.07) is 0.520. The molecule has 0 spiro atoms. The van der Waals surface area contributed by atoms with Crippen molar-refractivity contribution in [1.29, 1.82) is 0 Å². The molecule has 3 aliphatic heterocycles. The van der Waals surface area contributed by atoms with Gasteiger partial charge < -0.3 is 14.8 Å². The molecule has 4 rings (SSSR count). The fourth-order valence-electron chi connectivity index (χ4n) is 4.78. The monoisotopic (exact) mass is 374 g/mol. The van der Waals surface area contributed by atoms with Crippen LogP contribution >= 0.6 is 0 Å². The molecule has 8 nitrogen and oxygen atoms in total. The first-order chi connectivity index (χ1) is 13.2. The number of imidazole rings is 1. The van der Waals surface area contributed by atoms with E-state index in [0.29, 0.717) is 18.4 Å². The lowest BCUT2D eigenvalue weighted by atomic mass is 9.83. The van der Waals surface area contributed by atoms with Gasteiger partial charge in [-0.15, -0.1) is 0 Å². The molecular weight excluding hydrogens is 344 g/mol. The number of nitrogens with one attached hydrogen (secondary N) is 3. The van der Waals surface area contributed by atoms with Crippen molar-refractivity contribution in [3.05, 3.63) is 18.2 Å². The fourth-order valence-corrected chi connectivity index (χ4v) is 4.78. The van der Waals surface area contributed by atoms with Gasteiger partial charge in [0.05, 0.1) is 6.33 Å². The van der Waals surface area contributed by atoms with E-state index in [1.54, 1.807) is 6.33 Å². The lowest BCUT2D eigenvalue weighted by Gasteiger charge is -2.47. The Morgan fingerprint density at radius 3 is 2.96 bits per heavy atom. The van der Waals surface area contributed by atoms with Crippen molar-refractivity contribution in [2.24, 2.45) is 5.92 Å². The Morgan fingerprint density at radius 1 is 1.33 bits per heavy atom. The van der Waals surface area contributed by atoms with Crippen LogP contribution in [0.4, 0.5) is 0 Å². The van der Waals surface area contributed by atoms with Crippen molar-refractivity contribution in [1.82, 2.24) is 30.6 Å². The standard InChI is InChI=1S/C19H30N6O2/c1-2-14-9-16(23-22-14)19(27)24-7-6-17-13(11-24)3-4-18(26)25(17)8-5-15-10-20-12-21-15/h10,12-14,16-17,22-23H,2-9,11H2,1H3,(H,20,21)/t13-,14?,16?,17+/m0/s1. The van der Waals surface area contributed by atoms with Crippen LogP contribution in [-0.2, 0) is 16.0 Å². The first-order valence-electron chi connectivity index (χ1n) is 10.2. The maximum absolute atomic E-state index is 12.9. The average molecular weight is 374 g/mol. The van der Waals surface area contributed by atoms with Gasteiger partial charge in [0.1, 0.15) is 6.04 Å². The maximum Gasteiger partial charge on any atom is 0.241 e. The highest BCUT2D eigenvalue weighted by Crippen LogP contribution is 2.32. The first-order valence-corrected chi connectivity index (χ1v) is 10.2. The van der Waals surface area contributed by atoms with Crippen LogP contribution in [0.5, 0.6) is 0 Å². The minimum atomic E-state index is -0.117. The Balaban J connectivity index is 1.35. The second-order valence-corrected chi connectivity index (χ2v) is 8.04. The van der Waals surface area contributed by atoms with E-state index in [-0.39, 0.29) is 23.9 Å². The number of carbonyl (C=O) groups excluding carboxylic acids is 2. The predicted molar refractivity (Wildman–Crippen MR) is 100 cm³/mol. The molecule has 4 heterocycles. The van der Waals surface area contributed by atoms with Gasteiger partial charge in [-0.3, -0.25) is 15.0 Å². The van der Waals surface area contributed by atoms with E-state index in [9.17, 15) is 9.59 Å². The number of amides is 2. The highest BCUT2D eigenvalue weighted by Gasteiger charge is 2.41. The normalized spacial score (nSPS) is 31.2. The molecule has 1 aromatic heterocycles. The topological polar surface area (TPSA) is 93.4 Å². The minimum Gasteiger partial charge on any atom is -0.348 e. The van der Waals surface area contributed by atoms with E-state index in [2.05, 4.69) is 32.6 Å². The number of hydrogen-bond acceptors (Lipinski definition) is 5. The van der Waals surface area contributed by atoms with E-state index in [4.69, 9.17) is 0 Å². The van der Waals surface area contributed by atoms with E-state index < -0.39 is 0 Å². The molecule has 3 saturated heterocycles. The van der Waals surface area contributed by atoms with Crippen LogP contribution in [0.1, 0.15) is 44.7 Å². The zero-order valence-corrected chi connectivity index (χ0v) is 16.0. The third kappa shape index (κ3) is 3.87. The number of piperidine rings is 2. The number of nitrogens with zero attached hydrogens (tertiary/aromatic N) is 3. The summed E-state index contributed by atoms with van der Waals surface area (Å²) in [7, 11) is 0. The Bertz CT molecular complexity index is 663. The van der Waals surface area contributed by atoms with E-state index >= 15 is 0 Å². The predicted octanol–water partition coefficient (Wildman–Crippen LogP) is 0.437. The summed E-state index contributed by atoms with van der Waals surface area (Å²) in [5.74, 6) is 0.847. The van der Waals surface area contributed by atoms with Gasteiger partial charge in [0.2, 0.25) is 11.8 Å². The quantitative estimate of drug-likeness (QED) is 0.695. The molecule has 0 bridgehead atoms. The lowest BCUT2D eigenvalue weighted by Crippen LogP contribution is -2.59. The molecule has 148 valence electrons. The van der Waals surface area contributed by atoms with Gasteiger partial charge in [0.15, 0.2) is 0 Å². The number of hydrazine groups is 1. The number of aromatic nitrogens is 2. The fraction of sp³-hybridized carbons (Fsp3) is 0.737. The largest absolute Gasteiger partial charge is 0.348 e. The summed E-state index contributed by atoms with van der Waals surface area (Å²) in [6.07, 6.45) is 8.53. The lowest BCUT2D eigenvalue weighted by molar-refractivity contribution is -0.144. The smallest absolute Gasteiger partial charge is 0.241 e. The van der Waals surface area contributed by atoms with Crippen molar-refractivity contribution < 1.29 is 9.59 Å². The van der Waals surface area contributed by atoms with Crippen LogP contribution < -0.4 is 10.9 Å². The first kappa shape index (κ1) is 18.4. The molecule has 1 aromatic rings. The molecule has 0 aliphatic carbocycles. The zero-order chi connectivity index (χ0) is 18.8. The van der Waals surface area contributed by atoms with Crippen LogP contribution in [0, 0.1) is 5.92 Å². The molecule has 2 amide bonds. The van der Waals surface area contributed by atoms with Gasteiger partial charge in [-0.1, -0.05) is 6.92 Å². The van der Waals surface area contributed by atoms with Gasteiger partial charge in [0, 0.05) is 56.5 Å². The van der Waals surface area contributed by atoms with Gasteiger partial charge in [-0.2, -0.15) is 0 Å². The Morgan fingerprint density at radius 2 is 2.22 bits per heavy atom. The second-order valence-electron chi connectivity index (χ2n) is 8.04. The van der Waals surface area contributed by atoms with Crippen molar-refractivity contribution in [3.8, 4) is 0 Å². The Kier molecular flexibility index (Phi) is 5.45. The Labute approximate surface area is 160 Å². The van der Waals surface area contributed by atoms with Crippen LogP contribution in [0.15, 0.2) is 12.5 Å². The van der Waals surface area contributed by atoms with Gasteiger partial charge in [0.25, 0.3) is 0 Å². The van der Waals surface area contributed by atoms with E-state index in [0.717, 1.165) is 57.4 Å². The molecule has 4 atom stereocenters. The summed E-state index contributed by atoms with van der Waals surface area (Å²) in [4.78, 5) is 36.6. The summed E-state index contributed by atoms with van der Waals surface area (Å²) in [5, 5.41) is 0. The number of fused-ring (bicyclic) bond motifs is 1. The van der Waals surface area contributed by atoms with Gasteiger partial charge in [-0.25, -0.2) is 10.4 Å². The summed E-state index contributed by atoms with van der Waals surface area (Å²) < 4.78 is 0.